The molecule has 2 rings (SSSR count). The molecule has 0 heterocycles. The second-order valence-corrected chi connectivity index (χ2v) is 6.16. The molecule has 2 aromatic carbocycles. The molecule has 28 heavy (non-hydrogen) atoms. The molecule has 0 aliphatic carbocycles. The van der Waals surface area contributed by atoms with Gasteiger partial charge in [0.1, 0.15) is 5.75 Å². The van der Waals surface area contributed by atoms with Crippen LogP contribution in [0.25, 0.3) is 0 Å². The van der Waals surface area contributed by atoms with Crippen LogP contribution >= 0.6 is 0 Å². The van der Waals surface area contributed by atoms with Crippen LogP contribution in [0.4, 0.5) is 5.69 Å². The molecule has 0 radical (unpaired) electrons. The number of esters is 1. The summed E-state index contributed by atoms with van der Waals surface area (Å²) in [5.41, 5.74) is 1.93. The summed E-state index contributed by atoms with van der Waals surface area (Å²) < 4.78 is 9.76. The second kappa shape index (κ2) is 10.1. The van der Waals surface area contributed by atoms with Crippen molar-refractivity contribution in [1.29, 1.82) is 0 Å². The Hall–Kier alpha value is -3.35. The Bertz CT molecular complexity index is 816. The van der Waals surface area contributed by atoms with Gasteiger partial charge in [0.25, 0.3) is 0 Å². The van der Waals surface area contributed by atoms with Crippen LogP contribution in [-0.4, -0.2) is 43.4 Å². The Balaban J connectivity index is 1.89. The monoisotopic (exact) mass is 384 g/mol. The van der Waals surface area contributed by atoms with E-state index < -0.39 is 5.97 Å². The van der Waals surface area contributed by atoms with Crippen molar-refractivity contribution in [2.75, 3.05) is 26.1 Å². The van der Waals surface area contributed by atoms with Crippen molar-refractivity contribution in [3.05, 3.63) is 59.7 Å². The summed E-state index contributed by atoms with van der Waals surface area (Å²) in [6, 6.07) is 13.8. The molecule has 7 nitrogen and oxygen atoms in total. The Morgan fingerprint density at radius 3 is 2.14 bits per heavy atom. The number of hydrogen-bond donors (Lipinski definition) is 1. The third kappa shape index (κ3) is 6.12. The predicted octanol–water partition coefficient (Wildman–Crippen LogP) is 2.86. The number of carbonyl (C=O) groups is 3. The first-order valence-corrected chi connectivity index (χ1v) is 8.79. The van der Waals surface area contributed by atoms with Crippen LogP contribution in [0.5, 0.6) is 5.75 Å². The van der Waals surface area contributed by atoms with E-state index in [0.717, 1.165) is 11.3 Å². The van der Waals surface area contributed by atoms with Gasteiger partial charge in [0.2, 0.25) is 11.8 Å². The van der Waals surface area contributed by atoms with Gasteiger partial charge in [-0.3, -0.25) is 9.59 Å². The van der Waals surface area contributed by atoms with Crippen LogP contribution in [-0.2, 0) is 20.9 Å². The molecule has 0 aromatic heterocycles. The summed E-state index contributed by atoms with van der Waals surface area (Å²) >= 11 is 0. The zero-order valence-corrected chi connectivity index (χ0v) is 16.2. The molecule has 2 amide bonds. The predicted molar refractivity (Wildman–Crippen MR) is 105 cm³/mol. The number of carbonyl (C=O) groups excluding carboxylic acids is 3. The summed E-state index contributed by atoms with van der Waals surface area (Å²) in [5, 5.41) is 2.75. The largest absolute Gasteiger partial charge is 0.497 e. The first kappa shape index (κ1) is 21.0. The van der Waals surface area contributed by atoms with Crippen molar-refractivity contribution in [3.8, 4) is 5.75 Å². The van der Waals surface area contributed by atoms with Crippen molar-refractivity contribution in [2.45, 2.75) is 19.9 Å². The van der Waals surface area contributed by atoms with E-state index in [9.17, 15) is 14.4 Å². The van der Waals surface area contributed by atoms with E-state index in [1.54, 1.807) is 36.3 Å². The fourth-order valence-electron chi connectivity index (χ4n) is 2.57. The maximum atomic E-state index is 12.2. The summed E-state index contributed by atoms with van der Waals surface area (Å²) in [6.07, 6.45) is 0.161. The first-order chi connectivity index (χ1) is 13.4. The van der Waals surface area contributed by atoms with Gasteiger partial charge in [-0.05, 0) is 42.0 Å². The van der Waals surface area contributed by atoms with Crippen LogP contribution < -0.4 is 10.1 Å². The number of nitrogens with zero attached hydrogens (tertiary/aromatic N) is 1. The quantitative estimate of drug-likeness (QED) is 0.708. The van der Waals surface area contributed by atoms with Gasteiger partial charge in [-0.25, -0.2) is 4.79 Å². The summed E-state index contributed by atoms with van der Waals surface area (Å²) in [6.45, 7) is 2.20. The highest BCUT2D eigenvalue weighted by atomic mass is 16.5. The lowest BCUT2D eigenvalue weighted by atomic mass is 10.2. The Kier molecular flexibility index (Phi) is 7.56. The van der Waals surface area contributed by atoms with Crippen molar-refractivity contribution in [2.24, 2.45) is 0 Å². The molecule has 0 bridgehead atoms. The summed E-state index contributed by atoms with van der Waals surface area (Å²) in [5.74, 6) is -0.0120. The van der Waals surface area contributed by atoms with Crippen molar-refractivity contribution >= 4 is 23.5 Å². The number of hydrogen-bond acceptors (Lipinski definition) is 5. The number of anilines is 1. The van der Waals surface area contributed by atoms with Gasteiger partial charge in [-0.2, -0.15) is 0 Å². The van der Waals surface area contributed by atoms with Crippen LogP contribution in [0, 0.1) is 0 Å². The third-order valence-electron chi connectivity index (χ3n) is 4.18. The van der Waals surface area contributed by atoms with Gasteiger partial charge in [-0.15, -0.1) is 0 Å². The molecule has 0 saturated carbocycles. The molecule has 2 aromatic rings. The molecule has 1 N–H and O–H groups in total. The minimum Gasteiger partial charge on any atom is -0.497 e. The number of nitrogens with one attached hydrogen (secondary N) is 1. The van der Waals surface area contributed by atoms with E-state index in [0.29, 0.717) is 24.3 Å². The molecule has 0 spiro atoms. The van der Waals surface area contributed by atoms with Crippen LogP contribution in [0.2, 0.25) is 0 Å². The van der Waals surface area contributed by atoms with Crippen molar-refractivity contribution in [3.63, 3.8) is 0 Å². The fraction of sp³-hybridized carbons (Fsp3) is 0.286. The van der Waals surface area contributed by atoms with Crippen molar-refractivity contribution < 1.29 is 23.9 Å². The van der Waals surface area contributed by atoms with Gasteiger partial charge in [0, 0.05) is 32.1 Å². The van der Waals surface area contributed by atoms with Crippen molar-refractivity contribution in [1.82, 2.24) is 4.90 Å². The van der Waals surface area contributed by atoms with Gasteiger partial charge >= 0.3 is 5.97 Å². The molecule has 0 unspecified atom stereocenters. The number of methoxy groups -OCH3 is 2. The lowest BCUT2D eigenvalue weighted by molar-refractivity contribution is -0.129. The molecule has 7 heteroatoms. The first-order valence-electron chi connectivity index (χ1n) is 8.79. The smallest absolute Gasteiger partial charge is 0.337 e. The average Bonchev–Trinajstić information content (AvgIpc) is 2.71. The molecule has 0 aliphatic heterocycles. The lowest BCUT2D eigenvalue weighted by Gasteiger charge is -2.21. The molecular formula is C21H24N2O5. The van der Waals surface area contributed by atoms with Gasteiger partial charge in [-0.1, -0.05) is 12.1 Å². The van der Waals surface area contributed by atoms with E-state index in [1.165, 1.54) is 14.0 Å². The summed E-state index contributed by atoms with van der Waals surface area (Å²) in [7, 11) is 2.91. The van der Waals surface area contributed by atoms with E-state index in [1.807, 2.05) is 24.3 Å². The third-order valence-corrected chi connectivity index (χ3v) is 4.18. The van der Waals surface area contributed by atoms with Gasteiger partial charge in [0.15, 0.2) is 0 Å². The fourth-order valence-corrected chi connectivity index (χ4v) is 2.57. The minimum absolute atomic E-state index is 0.106. The van der Waals surface area contributed by atoms with E-state index in [4.69, 9.17) is 4.74 Å². The minimum atomic E-state index is -0.437. The zero-order valence-electron chi connectivity index (χ0n) is 16.2. The zero-order chi connectivity index (χ0) is 20.5. The van der Waals surface area contributed by atoms with E-state index in [-0.39, 0.29) is 18.2 Å². The second-order valence-electron chi connectivity index (χ2n) is 6.16. The van der Waals surface area contributed by atoms with Crippen LogP contribution in [0.15, 0.2) is 48.5 Å². The topological polar surface area (TPSA) is 84.9 Å². The van der Waals surface area contributed by atoms with Crippen LogP contribution in [0.3, 0.4) is 0 Å². The Morgan fingerprint density at radius 2 is 1.61 bits per heavy atom. The van der Waals surface area contributed by atoms with Gasteiger partial charge in [0.05, 0.1) is 19.8 Å². The number of amides is 2. The standard InChI is InChI=1S/C21H24N2O5/c1-15(24)23(14-16-4-10-19(27-2)11-5-16)13-12-20(25)22-18-8-6-17(7-9-18)21(26)28-3/h4-11H,12-14H2,1-3H3,(H,22,25). The lowest BCUT2D eigenvalue weighted by Crippen LogP contribution is -2.31. The maximum absolute atomic E-state index is 12.2. The highest BCUT2D eigenvalue weighted by molar-refractivity contribution is 5.93. The molecular weight excluding hydrogens is 360 g/mol. The van der Waals surface area contributed by atoms with Crippen LogP contribution in [0.1, 0.15) is 29.3 Å². The average molecular weight is 384 g/mol. The number of rotatable bonds is 8. The molecule has 0 atom stereocenters. The summed E-state index contributed by atoms with van der Waals surface area (Å²) in [4.78, 5) is 37.1. The highest BCUT2D eigenvalue weighted by Crippen LogP contribution is 2.14. The SMILES string of the molecule is COC(=O)c1ccc(NC(=O)CCN(Cc2ccc(OC)cc2)C(C)=O)cc1. The van der Waals surface area contributed by atoms with E-state index >= 15 is 0 Å². The Morgan fingerprint density at radius 1 is 0.964 bits per heavy atom. The number of ether oxygens (including phenoxy) is 2. The molecule has 0 saturated heterocycles. The Labute approximate surface area is 164 Å². The molecule has 148 valence electrons. The molecule has 0 aliphatic rings. The number of benzene rings is 2. The molecule has 0 fully saturated rings. The normalized spacial score (nSPS) is 10.1. The van der Waals surface area contributed by atoms with Gasteiger partial charge < -0.3 is 19.7 Å². The van der Waals surface area contributed by atoms with E-state index in [2.05, 4.69) is 10.1 Å². The highest BCUT2D eigenvalue weighted by Gasteiger charge is 2.13. The maximum Gasteiger partial charge on any atom is 0.337 e.